The van der Waals surface area contributed by atoms with Gasteiger partial charge in [-0.05, 0) is 50.3 Å². The highest BCUT2D eigenvalue weighted by Crippen LogP contribution is 2.20. The molecule has 0 bridgehead atoms. The van der Waals surface area contributed by atoms with Crippen LogP contribution in [0.4, 0.5) is 0 Å². The molecule has 1 aromatic carbocycles. The molecule has 1 aliphatic heterocycles. The number of hydrogen-bond donors (Lipinski definition) is 2. The number of likely N-dealkylation sites (tertiary alicyclic amines) is 1. The Balaban J connectivity index is 1.72. The van der Waals surface area contributed by atoms with E-state index in [2.05, 4.69) is 28.8 Å². The summed E-state index contributed by atoms with van der Waals surface area (Å²) in [5.74, 6) is 1.14. The van der Waals surface area contributed by atoms with Crippen molar-refractivity contribution in [1.82, 2.24) is 14.9 Å². The second-order valence-corrected chi connectivity index (χ2v) is 9.22. The Morgan fingerprint density at radius 3 is 2.42 bits per heavy atom. The van der Waals surface area contributed by atoms with E-state index in [4.69, 9.17) is 0 Å². The molecule has 2 unspecified atom stereocenters. The highest BCUT2D eigenvalue weighted by atomic mass is 32.2. The van der Waals surface area contributed by atoms with Gasteiger partial charge in [-0.15, -0.1) is 0 Å². The molecule has 0 aliphatic carbocycles. The van der Waals surface area contributed by atoms with Gasteiger partial charge < -0.3 is 10.2 Å². The van der Waals surface area contributed by atoms with Crippen LogP contribution in [0.2, 0.25) is 0 Å². The zero-order valence-electron chi connectivity index (χ0n) is 15.9. The number of amides is 1. The lowest BCUT2D eigenvalue weighted by atomic mass is 9.92. The van der Waals surface area contributed by atoms with E-state index in [-0.39, 0.29) is 10.8 Å². The molecule has 2 rings (SSSR count). The summed E-state index contributed by atoms with van der Waals surface area (Å²) in [5.41, 5.74) is 0. The molecule has 1 aromatic rings. The molecule has 146 valence electrons. The third-order valence-electron chi connectivity index (χ3n) is 4.67. The van der Waals surface area contributed by atoms with Gasteiger partial charge in [0, 0.05) is 19.6 Å². The molecular weight excluding hydrogens is 350 g/mol. The van der Waals surface area contributed by atoms with E-state index in [0.717, 1.165) is 37.9 Å². The number of carbonyl (C=O) groups is 1. The van der Waals surface area contributed by atoms with Crippen molar-refractivity contribution in [3.8, 4) is 0 Å². The lowest BCUT2D eigenvalue weighted by Crippen LogP contribution is -2.45. The van der Waals surface area contributed by atoms with E-state index in [0.29, 0.717) is 6.54 Å². The van der Waals surface area contributed by atoms with Crippen LogP contribution in [0.5, 0.6) is 0 Å². The van der Waals surface area contributed by atoms with Gasteiger partial charge in [0.25, 0.3) is 0 Å². The minimum Gasteiger partial charge on any atom is -0.355 e. The van der Waals surface area contributed by atoms with E-state index in [1.54, 1.807) is 25.1 Å². The Labute approximate surface area is 157 Å². The third-order valence-corrected chi connectivity index (χ3v) is 6.23. The van der Waals surface area contributed by atoms with Crippen LogP contribution >= 0.6 is 0 Å². The van der Waals surface area contributed by atoms with Gasteiger partial charge in [0.1, 0.15) is 0 Å². The number of sulfonamides is 1. The van der Waals surface area contributed by atoms with E-state index >= 15 is 0 Å². The molecule has 7 heteroatoms. The minimum atomic E-state index is -3.68. The topological polar surface area (TPSA) is 78.5 Å². The first-order chi connectivity index (χ1) is 12.3. The molecule has 1 fully saturated rings. The summed E-state index contributed by atoms with van der Waals surface area (Å²) in [4.78, 5) is 14.8. The summed E-state index contributed by atoms with van der Waals surface area (Å²) in [6.07, 6.45) is 2.15. The van der Waals surface area contributed by atoms with E-state index in [1.165, 1.54) is 18.6 Å². The quantitative estimate of drug-likeness (QED) is 0.674. The molecule has 0 aromatic heterocycles. The smallest absolute Gasteiger partial charge is 0.241 e. The molecule has 26 heavy (non-hydrogen) atoms. The molecule has 0 radical (unpaired) electrons. The van der Waals surface area contributed by atoms with Gasteiger partial charge in [-0.1, -0.05) is 32.0 Å². The molecule has 1 heterocycles. The van der Waals surface area contributed by atoms with E-state index in [9.17, 15) is 13.2 Å². The lowest BCUT2D eigenvalue weighted by molar-refractivity contribution is -0.122. The Kier molecular flexibility index (Phi) is 7.61. The third kappa shape index (κ3) is 6.37. The molecule has 3 atom stereocenters. The number of benzene rings is 1. The summed E-state index contributed by atoms with van der Waals surface area (Å²) in [7, 11) is -3.68. The van der Waals surface area contributed by atoms with Crippen molar-refractivity contribution in [3.05, 3.63) is 30.3 Å². The Morgan fingerprint density at radius 1 is 1.19 bits per heavy atom. The Bertz CT molecular complexity index is 669. The molecular formula is C19H31N3O3S. The second kappa shape index (κ2) is 9.48. The van der Waals surface area contributed by atoms with Gasteiger partial charge in [-0.2, -0.15) is 4.72 Å². The summed E-state index contributed by atoms with van der Waals surface area (Å²) < 4.78 is 26.9. The Morgan fingerprint density at radius 2 is 1.81 bits per heavy atom. The monoisotopic (exact) mass is 381 g/mol. The van der Waals surface area contributed by atoms with Crippen molar-refractivity contribution >= 4 is 15.9 Å². The summed E-state index contributed by atoms with van der Waals surface area (Å²) in [5, 5.41) is 2.83. The summed E-state index contributed by atoms with van der Waals surface area (Å²) >= 11 is 0. The van der Waals surface area contributed by atoms with Crippen LogP contribution < -0.4 is 10.0 Å². The van der Waals surface area contributed by atoms with Gasteiger partial charge in [-0.25, -0.2) is 8.42 Å². The number of nitrogens with one attached hydrogen (secondary N) is 2. The first kappa shape index (κ1) is 20.9. The SMILES string of the molecule is CC1CC(C)CN(CCCNC(=O)[C@H](C)NS(=O)(=O)c2ccccc2)C1. The van der Waals surface area contributed by atoms with Crippen LogP contribution in [0.1, 0.15) is 33.6 Å². The molecule has 6 nitrogen and oxygen atoms in total. The summed E-state index contributed by atoms with van der Waals surface area (Å²) in [6, 6.07) is 7.26. The summed E-state index contributed by atoms with van der Waals surface area (Å²) in [6.45, 7) is 9.87. The largest absolute Gasteiger partial charge is 0.355 e. The maximum Gasteiger partial charge on any atom is 0.241 e. The van der Waals surface area contributed by atoms with E-state index < -0.39 is 16.1 Å². The first-order valence-corrected chi connectivity index (χ1v) is 10.8. The minimum absolute atomic E-state index is 0.160. The van der Waals surface area contributed by atoms with Gasteiger partial charge in [0.2, 0.25) is 15.9 Å². The zero-order valence-corrected chi connectivity index (χ0v) is 16.8. The van der Waals surface area contributed by atoms with Crippen molar-refractivity contribution in [2.75, 3.05) is 26.2 Å². The first-order valence-electron chi connectivity index (χ1n) is 9.35. The highest BCUT2D eigenvalue weighted by Gasteiger charge is 2.23. The predicted molar refractivity (Wildman–Crippen MR) is 103 cm³/mol. The van der Waals surface area contributed by atoms with Crippen molar-refractivity contribution in [2.45, 2.75) is 44.6 Å². The van der Waals surface area contributed by atoms with Crippen molar-refractivity contribution in [2.24, 2.45) is 11.8 Å². The van der Waals surface area contributed by atoms with Gasteiger partial charge in [0.05, 0.1) is 10.9 Å². The maximum atomic E-state index is 12.2. The molecule has 1 amide bonds. The maximum absolute atomic E-state index is 12.2. The van der Waals surface area contributed by atoms with Crippen LogP contribution in [-0.2, 0) is 14.8 Å². The highest BCUT2D eigenvalue weighted by molar-refractivity contribution is 7.89. The van der Waals surface area contributed by atoms with Crippen LogP contribution in [-0.4, -0.2) is 51.4 Å². The number of hydrogen-bond acceptors (Lipinski definition) is 4. The number of rotatable bonds is 8. The fraction of sp³-hybridized carbons (Fsp3) is 0.632. The van der Waals surface area contributed by atoms with Crippen molar-refractivity contribution in [1.29, 1.82) is 0 Å². The van der Waals surface area contributed by atoms with Gasteiger partial charge >= 0.3 is 0 Å². The fourth-order valence-corrected chi connectivity index (χ4v) is 4.82. The van der Waals surface area contributed by atoms with Crippen LogP contribution in [0.3, 0.4) is 0 Å². The van der Waals surface area contributed by atoms with E-state index in [1.807, 2.05) is 0 Å². The average molecular weight is 382 g/mol. The number of carbonyl (C=O) groups excluding carboxylic acids is 1. The van der Waals surface area contributed by atoms with Crippen LogP contribution in [0.25, 0.3) is 0 Å². The zero-order chi connectivity index (χ0) is 19.2. The second-order valence-electron chi connectivity index (χ2n) is 7.51. The van der Waals surface area contributed by atoms with Crippen LogP contribution in [0, 0.1) is 11.8 Å². The molecule has 2 N–H and O–H groups in total. The number of piperidine rings is 1. The average Bonchev–Trinajstić information content (AvgIpc) is 2.58. The molecule has 0 spiro atoms. The normalized spacial score (nSPS) is 22.7. The Hall–Kier alpha value is -1.44. The van der Waals surface area contributed by atoms with Gasteiger partial charge in [0.15, 0.2) is 0 Å². The van der Waals surface area contributed by atoms with Crippen molar-refractivity contribution < 1.29 is 13.2 Å². The fourth-order valence-electron chi connectivity index (χ4n) is 3.60. The van der Waals surface area contributed by atoms with Gasteiger partial charge in [-0.3, -0.25) is 4.79 Å². The van der Waals surface area contributed by atoms with Crippen LogP contribution in [0.15, 0.2) is 35.2 Å². The lowest BCUT2D eigenvalue weighted by Gasteiger charge is -2.34. The van der Waals surface area contributed by atoms with Crippen molar-refractivity contribution in [3.63, 3.8) is 0 Å². The predicted octanol–water partition coefficient (Wildman–Crippen LogP) is 1.84. The molecule has 1 aliphatic rings. The standard InChI is InChI=1S/C19H31N3O3S/c1-15-12-16(2)14-22(13-15)11-7-10-20-19(23)17(3)21-26(24,25)18-8-5-4-6-9-18/h4-6,8-9,15-17,21H,7,10-14H2,1-3H3,(H,20,23)/t15?,16?,17-/m0/s1. The molecule has 1 saturated heterocycles. The number of nitrogens with zero attached hydrogens (tertiary/aromatic N) is 1. The molecule has 0 saturated carbocycles.